The van der Waals surface area contributed by atoms with Gasteiger partial charge in [-0.05, 0) is 13.0 Å². The Balaban J connectivity index is 3.33. The zero-order valence-electron chi connectivity index (χ0n) is 11.3. The predicted molar refractivity (Wildman–Crippen MR) is 75.1 cm³/mol. The van der Waals surface area contributed by atoms with E-state index >= 15 is 0 Å². The van der Waals surface area contributed by atoms with Gasteiger partial charge in [0.25, 0.3) is 20.6 Å². The number of methoxy groups -OCH3 is 1. The van der Waals surface area contributed by atoms with Crippen molar-refractivity contribution in [2.24, 2.45) is 0 Å². The Hall–Kier alpha value is -1.71. The SMILES string of the molecule is COCCNC(=O)c1cc(S(=O)(=O)Cl)cc([N+](=O)[O-])c1C. The van der Waals surface area contributed by atoms with Crippen LogP contribution in [-0.2, 0) is 13.8 Å². The molecule has 0 aliphatic carbocycles. The molecule has 21 heavy (non-hydrogen) atoms. The highest BCUT2D eigenvalue weighted by Gasteiger charge is 2.24. The minimum absolute atomic E-state index is 0.0546. The Morgan fingerprint density at radius 2 is 2.10 bits per heavy atom. The number of nitrogens with zero attached hydrogens (tertiary/aromatic N) is 1. The van der Waals surface area contributed by atoms with Crippen molar-refractivity contribution in [1.82, 2.24) is 5.32 Å². The van der Waals surface area contributed by atoms with E-state index in [-0.39, 0.29) is 24.3 Å². The normalized spacial score (nSPS) is 11.2. The largest absolute Gasteiger partial charge is 0.383 e. The molecule has 0 aliphatic rings. The van der Waals surface area contributed by atoms with Gasteiger partial charge in [-0.25, -0.2) is 8.42 Å². The van der Waals surface area contributed by atoms with Crippen molar-refractivity contribution in [3.8, 4) is 0 Å². The highest BCUT2D eigenvalue weighted by molar-refractivity contribution is 8.13. The molecule has 1 amide bonds. The number of hydrogen-bond acceptors (Lipinski definition) is 6. The second-order valence-electron chi connectivity index (χ2n) is 4.06. The molecule has 0 unspecified atom stereocenters. The van der Waals surface area contributed by atoms with Crippen molar-refractivity contribution >= 4 is 31.3 Å². The Morgan fingerprint density at radius 1 is 1.48 bits per heavy atom. The van der Waals surface area contributed by atoms with E-state index in [1.165, 1.54) is 14.0 Å². The molecule has 0 aromatic heterocycles. The lowest BCUT2D eigenvalue weighted by atomic mass is 10.1. The van der Waals surface area contributed by atoms with Crippen molar-refractivity contribution in [1.29, 1.82) is 0 Å². The molecular formula is C11H13ClN2O6S. The van der Waals surface area contributed by atoms with Crippen molar-refractivity contribution in [3.05, 3.63) is 33.4 Å². The number of nitro benzene ring substituents is 1. The standard InChI is InChI=1S/C11H13ClN2O6S/c1-7-9(11(15)13-3-4-20-2)5-8(21(12,18)19)6-10(7)14(16)17/h5-6H,3-4H2,1-2H3,(H,13,15). The number of halogens is 1. The monoisotopic (exact) mass is 336 g/mol. The van der Waals surface area contributed by atoms with Crippen LogP contribution in [0.4, 0.5) is 5.69 Å². The lowest BCUT2D eigenvalue weighted by Gasteiger charge is -2.09. The molecule has 0 heterocycles. The van der Waals surface area contributed by atoms with Crippen molar-refractivity contribution in [3.63, 3.8) is 0 Å². The molecule has 0 aliphatic heterocycles. The minimum Gasteiger partial charge on any atom is -0.383 e. The summed E-state index contributed by atoms with van der Waals surface area (Å²) in [5, 5.41) is 13.4. The van der Waals surface area contributed by atoms with E-state index in [1.54, 1.807) is 0 Å². The van der Waals surface area contributed by atoms with Crippen LogP contribution in [-0.4, -0.2) is 39.5 Å². The van der Waals surface area contributed by atoms with E-state index in [9.17, 15) is 23.3 Å². The quantitative estimate of drug-likeness (QED) is 0.361. The van der Waals surface area contributed by atoms with Crippen LogP contribution in [0, 0.1) is 17.0 Å². The lowest BCUT2D eigenvalue weighted by molar-refractivity contribution is -0.385. The predicted octanol–water partition coefficient (Wildman–Crippen LogP) is 1.21. The van der Waals surface area contributed by atoms with Crippen molar-refractivity contribution in [2.75, 3.05) is 20.3 Å². The average molecular weight is 337 g/mol. The molecule has 1 N–H and O–H groups in total. The Labute approximate surface area is 125 Å². The zero-order chi connectivity index (χ0) is 16.2. The Bertz CT molecular complexity index is 674. The first kappa shape index (κ1) is 17.3. The third-order valence-electron chi connectivity index (χ3n) is 2.67. The summed E-state index contributed by atoms with van der Waals surface area (Å²) >= 11 is 0. The average Bonchev–Trinajstić information content (AvgIpc) is 2.37. The Morgan fingerprint density at radius 3 is 2.57 bits per heavy atom. The third kappa shape index (κ3) is 4.38. The maximum Gasteiger partial charge on any atom is 0.274 e. The molecule has 116 valence electrons. The maximum absolute atomic E-state index is 12.0. The van der Waals surface area contributed by atoms with Gasteiger partial charge in [0.2, 0.25) is 0 Å². The van der Waals surface area contributed by atoms with E-state index in [0.29, 0.717) is 0 Å². The first-order valence-electron chi connectivity index (χ1n) is 5.69. The molecule has 1 aromatic carbocycles. The summed E-state index contributed by atoms with van der Waals surface area (Å²) in [7, 11) is 2.44. The van der Waals surface area contributed by atoms with Gasteiger partial charge in [0.1, 0.15) is 0 Å². The number of nitrogens with one attached hydrogen (secondary N) is 1. The number of nitro groups is 1. The summed E-state index contributed by atoms with van der Waals surface area (Å²) in [5.74, 6) is -0.644. The van der Waals surface area contributed by atoms with Crippen molar-refractivity contribution < 1.29 is 22.9 Å². The number of benzene rings is 1. The van der Waals surface area contributed by atoms with Crippen LogP contribution in [0.3, 0.4) is 0 Å². The highest BCUT2D eigenvalue weighted by Crippen LogP contribution is 2.28. The van der Waals surface area contributed by atoms with Crippen LogP contribution >= 0.6 is 10.7 Å². The van der Waals surface area contributed by atoms with E-state index in [4.69, 9.17) is 15.4 Å². The number of carbonyl (C=O) groups is 1. The second kappa shape index (κ2) is 6.83. The second-order valence-corrected chi connectivity index (χ2v) is 6.62. The number of ether oxygens (including phenoxy) is 1. The molecular weight excluding hydrogens is 324 g/mol. The maximum atomic E-state index is 12.0. The van der Waals surface area contributed by atoms with Gasteiger partial charge in [-0.2, -0.15) is 0 Å². The van der Waals surface area contributed by atoms with Gasteiger partial charge in [-0.15, -0.1) is 0 Å². The van der Waals surface area contributed by atoms with Crippen LogP contribution in [0.2, 0.25) is 0 Å². The van der Waals surface area contributed by atoms with Crippen LogP contribution in [0.25, 0.3) is 0 Å². The minimum atomic E-state index is -4.19. The van der Waals surface area contributed by atoms with Crippen LogP contribution in [0.1, 0.15) is 15.9 Å². The molecule has 0 spiro atoms. The third-order valence-corrected chi connectivity index (χ3v) is 4.00. The van der Waals surface area contributed by atoms with Gasteiger partial charge in [-0.3, -0.25) is 14.9 Å². The summed E-state index contributed by atoms with van der Waals surface area (Å²) in [4.78, 5) is 21.6. The van der Waals surface area contributed by atoms with Gasteiger partial charge in [0.05, 0.1) is 22.0 Å². The highest BCUT2D eigenvalue weighted by atomic mass is 35.7. The molecule has 10 heteroatoms. The molecule has 0 saturated carbocycles. The molecule has 0 radical (unpaired) electrons. The summed E-state index contributed by atoms with van der Waals surface area (Å²) in [6.07, 6.45) is 0. The molecule has 0 fully saturated rings. The number of amides is 1. The van der Waals surface area contributed by atoms with Crippen LogP contribution < -0.4 is 5.32 Å². The summed E-state index contributed by atoms with van der Waals surface area (Å²) in [6, 6.07) is 1.83. The summed E-state index contributed by atoms with van der Waals surface area (Å²) in [6.45, 7) is 1.79. The number of hydrogen-bond donors (Lipinski definition) is 1. The van der Waals surface area contributed by atoms with Gasteiger partial charge in [-0.1, -0.05) is 0 Å². The molecule has 8 nitrogen and oxygen atoms in total. The molecule has 0 atom stereocenters. The molecule has 1 rings (SSSR count). The fraction of sp³-hybridized carbons (Fsp3) is 0.364. The summed E-state index contributed by atoms with van der Waals surface area (Å²) in [5.41, 5.74) is -0.563. The molecule has 1 aromatic rings. The Kier molecular flexibility index (Phi) is 5.64. The van der Waals surface area contributed by atoms with E-state index in [1.807, 2.05) is 0 Å². The number of rotatable bonds is 6. The van der Waals surface area contributed by atoms with Crippen LogP contribution in [0.15, 0.2) is 17.0 Å². The zero-order valence-corrected chi connectivity index (χ0v) is 12.8. The molecule has 0 saturated heterocycles. The lowest BCUT2D eigenvalue weighted by Crippen LogP contribution is -2.28. The summed E-state index contributed by atoms with van der Waals surface area (Å²) < 4.78 is 27.4. The first-order valence-corrected chi connectivity index (χ1v) is 8.00. The van der Waals surface area contributed by atoms with Crippen molar-refractivity contribution in [2.45, 2.75) is 11.8 Å². The fourth-order valence-corrected chi connectivity index (χ4v) is 2.38. The van der Waals surface area contributed by atoms with Gasteiger partial charge in [0.15, 0.2) is 0 Å². The van der Waals surface area contributed by atoms with Gasteiger partial charge < -0.3 is 10.1 Å². The van der Waals surface area contributed by atoms with E-state index in [0.717, 1.165) is 12.1 Å². The van der Waals surface area contributed by atoms with E-state index < -0.39 is 30.5 Å². The van der Waals surface area contributed by atoms with Crippen LogP contribution in [0.5, 0.6) is 0 Å². The van der Waals surface area contributed by atoms with E-state index in [2.05, 4.69) is 5.32 Å². The van der Waals surface area contributed by atoms with Gasteiger partial charge >= 0.3 is 0 Å². The van der Waals surface area contributed by atoms with Gasteiger partial charge in [0, 0.05) is 36.0 Å². The fourth-order valence-electron chi connectivity index (χ4n) is 1.60. The topological polar surface area (TPSA) is 116 Å². The smallest absolute Gasteiger partial charge is 0.274 e. The number of carbonyl (C=O) groups excluding carboxylic acids is 1. The first-order chi connectivity index (χ1) is 9.68. The molecule has 0 bridgehead atoms.